The zero-order valence-corrected chi connectivity index (χ0v) is 9.83. The Morgan fingerprint density at radius 1 is 1.21 bits per heavy atom. The topological polar surface area (TPSA) is 66.5 Å². The molecule has 0 aliphatic rings. The van der Waals surface area contributed by atoms with Gasteiger partial charge >= 0.3 is 0 Å². The predicted octanol–water partition coefficient (Wildman–Crippen LogP) is 1.48. The van der Waals surface area contributed by atoms with Gasteiger partial charge in [-0.2, -0.15) is 0 Å². The van der Waals surface area contributed by atoms with Crippen LogP contribution < -0.4 is 5.73 Å². The Hall–Kier alpha value is -0.120. The predicted molar refractivity (Wildman–Crippen MR) is 58.7 cm³/mol. The average Bonchev–Trinajstić information content (AvgIpc) is 2.01. The van der Waals surface area contributed by atoms with Gasteiger partial charge in [-0.25, -0.2) is 0 Å². The molecule has 0 heterocycles. The van der Waals surface area contributed by atoms with Crippen molar-refractivity contribution in [3.63, 3.8) is 0 Å². The highest BCUT2D eigenvalue weighted by Crippen LogP contribution is 2.36. The van der Waals surface area contributed by atoms with E-state index in [-0.39, 0.29) is 17.4 Å². The van der Waals surface area contributed by atoms with Crippen LogP contribution >= 0.6 is 0 Å². The average molecular weight is 203 g/mol. The fourth-order valence-corrected chi connectivity index (χ4v) is 1.73. The smallest absolute Gasteiger partial charge is 0.102 e. The summed E-state index contributed by atoms with van der Waals surface area (Å²) in [5.74, 6) is 0.271. The maximum atomic E-state index is 9.37. The van der Waals surface area contributed by atoms with Crippen molar-refractivity contribution in [3.8, 4) is 0 Å². The first kappa shape index (κ1) is 13.9. The second kappa shape index (κ2) is 5.69. The van der Waals surface area contributed by atoms with Crippen molar-refractivity contribution in [1.82, 2.24) is 0 Å². The van der Waals surface area contributed by atoms with Crippen molar-refractivity contribution in [2.75, 3.05) is 0 Å². The molecule has 0 saturated heterocycles. The third-order valence-corrected chi connectivity index (χ3v) is 3.17. The van der Waals surface area contributed by atoms with E-state index in [0.29, 0.717) is 12.8 Å². The lowest BCUT2D eigenvalue weighted by molar-refractivity contribution is 0.0568. The van der Waals surface area contributed by atoms with E-state index >= 15 is 0 Å². The molecule has 86 valence electrons. The van der Waals surface area contributed by atoms with Crippen molar-refractivity contribution in [3.05, 3.63) is 0 Å². The van der Waals surface area contributed by atoms with Crippen LogP contribution in [0.5, 0.6) is 0 Å². The maximum absolute atomic E-state index is 9.37. The normalized spacial score (nSPS) is 19.1. The second-order valence-electron chi connectivity index (χ2n) is 4.93. The molecule has 0 aliphatic heterocycles. The Balaban J connectivity index is 4.38. The third-order valence-electron chi connectivity index (χ3n) is 3.17. The lowest BCUT2D eigenvalue weighted by Gasteiger charge is -2.35. The van der Waals surface area contributed by atoms with Crippen LogP contribution in [0.3, 0.4) is 0 Å². The van der Waals surface area contributed by atoms with Crippen LogP contribution in [0.2, 0.25) is 0 Å². The molecular formula is C11H25NO2. The third kappa shape index (κ3) is 4.94. The highest BCUT2D eigenvalue weighted by molar-refractivity contribution is 4.79. The summed E-state index contributed by atoms with van der Waals surface area (Å²) in [6.07, 6.45) is 1.19. The minimum Gasteiger partial charge on any atom is -0.393 e. The number of hydrogen-bond donors (Lipinski definition) is 3. The molecule has 0 radical (unpaired) electrons. The zero-order chi connectivity index (χ0) is 11.4. The second-order valence-corrected chi connectivity index (χ2v) is 4.93. The van der Waals surface area contributed by atoms with Gasteiger partial charge in [0.25, 0.3) is 0 Å². The number of aliphatic hydroxyl groups is 2. The summed E-state index contributed by atoms with van der Waals surface area (Å²) < 4.78 is 0. The van der Waals surface area contributed by atoms with Gasteiger partial charge < -0.3 is 15.9 Å². The Kier molecular flexibility index (Phi) is 5.64. The van der Waals surface area contributed by atoms with Crippen LogP contribution in [0.25, 0.3) is 0 Å². The minimum atomic E-state index is -0.774. The number of rotatable bonds is 6. The number of nitrogens with two attached hydrogens (primary N) is 1. The van der Waals surface area contributed by atoms with Crippen LogP contribution in [-0.4, -0.2) is 22.5 Å². The van der Waals surface area contributed by atoms with Gasteiger partial charge in [-0.3, -0.25) is 0 Å². The largest absolute Gasteiger partial charge is 0.393 e. The van der Waals surface area contributed by atoms with Gasteiger partial charge in [0.05, 0.1) is 6.10 Å². The van der Waals surface area contributed by atoms with Gasteiger partial charge in [-0.1, -0.05) is 27.2 Å². The lowest BCUT2D eigenvalue weighted by Crippen LogP contribution is -2.33. The van der Waals surface area contributed by atoms with Crippen molar-refractivity contribution in [2.24, 2.45) is 17.1 Å². The van der Waals surface area contributed by atoms with Gasteiger partial charge in [0, 0.05) is 0 Å². The summed E-state index contributed by atoms with van der Waals surface area (Å²) in [5.41, 5.74) is 5.52. The quantitative estimate of drug-likeness (QED) is 0.573. The zero-order valence-electron chi connectivity index (χ0n) is 9.83. The molecule has 3 nitrogen and oxygen atoms in total. The molecule has 0 aromatic carbocycles. The van der Waals surface area contributed by atoms with Crippen LogP contribution in [0.4, 0.5) is 0 Å². The van der Waals surface area contributed by atoms with Crippen LogP contribution in [0.1, 0.15) is 47.0 Å². The molecule has 0 aromatic rings. The van der Waals surface area contributed by atoms with E-state index < -0.39 is 6.23 Å². The summed E-state index contributed by atoms with van der Waals surface area (Å²) in [6, 6.07) is 0. The molecule has 0 fully saturated rings. The van der Waals surface area contributed by atoms with E-state index in [1.807, 2.05) is 0 Å². The maximum Gasteiger partial charge on any atom is 0.102 e. The molecule has 4 N–H and O–H groups in total. The Labute approximate surface area is 87.3 Å². The van der Waals surface area contributed by atoms with Crippen LogP contribution in [0.15, 0.2) is 0 Å². The van der Waals surface area contributed by atoms with Crippen molar-refractivity contribution >= 4 is 0 Å². The van der Waals surface area contributed by atoms with Gasteiger partial charge in [0.15, 0.2) is 0 Å². The van der Waals surface area contributed by atoms with Crippen LogP contribution in [-0.2, 0) is 0 Å². The van der Waals surface area contributed by atoms with Crippen molar-refractivity contribution in [2.45, 2.75) is 59.3 Å². The van der Waals surface area contributed by atoms with E-state index in [2.05, 4.69) is 20.8 Å². The number of hydrogen-bond acceptors (Lipinski definition) is 3. The first-order valence-corrected chi connectivity index (χ1v) is 5.41. The fourth-order valence-electron chi connectivity index (χ4n) is 1.73. The molecule has 3 atom stereocenters. The van der Waals surface area contributed by atoms with Crippen molar-refractivity contribution < 1.29 is 10.2 Å². The Bertz CT molecular complexity index is 145. The van der Waals surface area contributed by atoms with E-state index in [4.69, 9.17) is 5.73 Å². The van der Waals surface area contributed by atoms with Crippen LogP contribution in [0, 0.1) is 11.3 Å². The monoisotopic (exact) mass is 203 g/mol. The molecule has 0 rings (SSSR count). The SMILES string of the molecule is CCC(C)(C)C(CC(C)O)CC(N)O. The molecule has 0 spiro atoms. The van der Waals surface area contributed by atoms with Gasteiger partial charge in [-0.15, -0.1) is 0 Å². The molecule has 0 aliphatic carbocycles. The molecule has 14 heavy (non-hydrogen) atoms. The standard InChI is InChI=1S/C11H25NO2/c1-5-11(3,4)9(6-8(2)13)7-10(12)14/h8-10,13-14H,5-7,12H2,1-4H3. The molecular weight excluding hydrogens is 178 g/mol. The first-order valence-electron chi connectivity index (χ1n) is 5.41. The Morgan fingerprint density at radius 3 is 2.00 bits per heavy atom. The summed E-state index contributed by atoms with van der Waals surface area (Å²) in [7, 11) is 0. The van der Waals surface area contributed by atoms with E-state index in [1.54, 1.807) is 6.92 Å². The van der Waals surface area contributed by atoms with Gasteiger partial charge in [0.2, 0.25) is 0 Å². The van der Waals surface area contributed by atoms with E-state index in [9.17, 15) is 10.2 Å². The van der Waals surface area contributed by atoms with E-state index in [0.717, 1.165) is 6.42 Å². The van der Waals surface area contributed by atoms with E-state index in [1.165, 1.54) is 0 Å². The van der Waals surface area contributed by atoms with Gasteiger partial charge in [-0.05, 0) is 31.1 Å². The molecule has 3 unspecified atom stereocenters. The summed E-state index contributed by atoms with van der Waals surface area (Å²) in [6.45, 7) is 8.21. The summed E-state index contributed by atoms with van der Waals surface area (Å²) in [5, 5.41) is 18.6. The molecule has 0 amide bonds. The highest BCUT2D eigenvalue weighted by Gasteiger charge is 2.29. The molecule has 3 heteroatoms. The minimum absolute atomic E-state index is 0.122. The first-order chi connectivity index (χ1) is 6.29. The van der Waals surface area contributed by atoms with Crippen molar-refractivity contribution in [1.29, 1.82) is 0 Å². The fraction of sp³-hybridized carbons (Fsp3) is 1.00. The number of aliphatic hydroxyl groups excluding tert-OH is 2. The molecule has 0 bridgehead atoms. The molecule has 0 aromatic heterocycles. The molecule has 0 saturated carbocycles. The Morgan fingerprint density at radius 2 is 1.71 bits per heavy atom. The van der Waals surface area contributed by atoms with Gasteiger partial charge in [0.1, 0.15) is 6.23 Å². The highest BCUT2D eigenvalue weighted by atomic mass is 16.3. The lowest BCUT2D eigenvalue weighted by atomic mass is 9.72. The summed E-state index contributed by atoms with van der Waals surface area (Å²) >= 11 is 0. The summed E-state index contributed by atoms with van der Waals surface area (Å²) in [4.78, 5) is 0.